The lowest BCUT2D eigenvalue weighted by Gasteiger charge is -2.11. The van der Waals surface area contributed by atoms with Crippen molar-refractivity contribution in [2.75, 3.05) is 0 Å². The minimum absolute atomic E-state index is 0.564. The van der Waals surface area contributed by atoms with Crippen LogP contribution in [0.1, 0.15) is 0 Å². The summed E-state index contributed by atoms with van der Waals surface area (Å²) in [6.45, 7) is 0. The van der Waals surface area contributed by atoms with Crippen LogP contribution in [-0.2, 0) is 0 Å². The highest BCUT2D eigenvalue weighted by Crippen LogP contribution is 2.39. The van der Waals surface area contributed by atoms with Crippen LogP contribution in [0.3, 0.4) is 0 Å². The number of imidazole rings is 1. The van der Waals surface area contributed by atoms with Gasteiger partial charge in [0.15, 0.2) is 17.5 Å². The molecule has 0 N–H and O–H groups in total. The maximum absolute atomic E-state index is 6.52. The third kappa shape index (κ3) is 5.92. The second-order valence-corrected chi connectivity index (χ2v) is 14.3. The van der Waals surface area contributed by atoms with Crippen molar-refractivity contribution in [3.63, 3.8) is 0 Å². The first-order chi connectivity index (χ1) is 28.7. The fraction of sp³-hybridized carbons (Fsp3) is 0. The largest absolute Gasteiger partial charge is 0.456 e. The van der Waals surface area contributed by atoms with Crippen molar-refractivity contribution in [2.45, 2.75) is 0 Å². The van der Waals surface area contributed by atoms with Gasteiger partial charge in [-0.2, -0.15) is 0 Å². The average Bonchev–Trinajstić information content (AvgIpc) is 3.89. The molecule has 3 aromatic heterocycles. The molecule has 0 atom stereocenters. The predicted molar refractivity (Wildman–Crippen MR) is 234 cm³/mol. The highest BCUT2D eigenvalue weighted by molar-refractivity contribution is 6.12. The highest BCUT2D eigenvalue weighted by atomic mass is 16.3. The first-order valence-electron chi connectivity index (χ1n) is 19.3. The van der Waals surface area contributed by atoms with Crippen LogP contribution in [0.2, 0.25) is 0 Å². The molecule has 0 amide bonds. The lowest BCUT2D eigenvalue weighted by Crippen LogP contribution is -2.00. The molecule has 0 unspecified atom stereocenters. The van der Waals surface area contributed by atoms with Gasteiger partial charge in [0, 0.05) is 38.7 Å². The molecule has 6 heteroatoms. The molecule has 3 heterocycles. The summed E-state index contributed by atoms with van der Waals surface area (Å²) in [4.78, 5) is 20.6. The first-order valence-corrected chi connectivity index (χ1v) is 19.3. The van der Waals surface area contributed by atoms with Crippen LogP contribution in [-0.4, -0.2) is 24.5 Å². The van der Waals surface area contributed by atoms with E-state index in [-0.39, 0.29) is 0 Å². The molecule has 11 aromatic rings. The van der Waals surface area contributed by atoms with Gasteiger partial charge < -0.3 is 4.42 Å². The van der Waals surface area contributed by atoms with Crippen LogP contribution in [0.15, 0.2) is 205 Å². The molecule has 0 saturated carbocycles. The zero-order chi connectivity index (χ0) is 38.4. The third-order valence-corrected chi connectivity index (χ3v) is 10.7. The minimum Gasteiger partial charge on any atom is -0.456 e. The van der Waals surface area contributed by atoms with Crippen LogP contribution in [0.5, 0.6) is 0 Å². The summed E-state index contributed by atoms with van der Waals surface area (Å²) in [5.41, 5.74) is 12.7. The number of hydrogen-bond acceptors (Lipinski definition) is 5. The second-order valence-electron chi connectivity index (χ2n) is 14.3. The third-order valence-electron chi connectivity index (χ3n) is 10.7. The zero-order valence-corrected chi connectivity index (χ0v) is 31.2. The maximum Gasteiger partial charge on any atom is 0.164 e. The van der Waals surface area contributed by atoms with E-state index in [1.165, 1.54) is 0 Å². The van der Waals surface area contributed by atoms with E-state index in [2.05, 4.69) is 162 Å². The van der Waals surface area contributed by atoms with Crippen molar-refractivity contribution >= 4 is 33.0 Å². The van der Waals surface area contributed by atoms with E-state index in [9.17, 15) is 0 Å². The molecule has 58 heavy (non-hydrogen) atoms. The van der Waals surface area contributed by atoms with Crippen LogP contribution in [0.25, 0.3) is 106 Å². The van der Waals surface area contributed by atoms with Crippen molar-refractivity contribution in [1.29, 1.82) is 0 Å². The van der Waals surface area contributed by atoms with Gasteiger partial charge in [-0.15, -0.1) is 0 Å². The Balaban J connectivity index is 1.08. The average molecular weight is 744 g/mol. The summed E-state index contributed by atoms with van der Waals surface area (Å²) in [5.74, 6) is 2.60. The Kier molecular flexibility index (Phi) is 8.04. The standard InChI is InChI=1S/C52H33N5O/c1-4-13-34(14-5-1)36-23-27-38(28-24-36)49-54-50(39-29-25-37(26-30-39)35-15-6-2-7-16-35)56-51(55-49)42-19-12-22-47-48(42)43-33-40(31-32-46(43)58-47)52-53-44-20-10-11-21-45(44)57(52)41-17-8-3-9-18-41/h1-33H. The first kappa shape index (κ1) is 33.4. The van der Waals surface area contributed by atoms with E-state index in [0.717, 1.165) is 89.0 Å². The van der Waals surface area contributed by atoms with E-state index in [1.807, 2.05) is 42.5 Å². The highest BCUT2D eigenvalue weighted by Gasteiger charge is 2.20. The predicted octanol–water partition coefficient (Wildman–Crippen LogP) is 13.1. The van der Waals surface area contributed by atoms with Gasteiger partial charge in [0.1, 0.15) is 17.0 Å². The maximum atomic E-state index is 6.52. The Morgan fingerprint density at radius 2 is 0.879 bits per heavy atom. The summed E-state index contributed by atoms with van der Waals surface area (Å²) in [6.07, 6.45) is 0. The van der Waals surface area contributed by atoms with Gasteiger partial charge >= 0.3 is 0 Å². The van der Waals surface area contributed by atoms with Gasteiger partial charge in [0.05, 0.1) is 11.0 Å². The molecule has 0 saturated heterocycles. The smallest absolute Gasteiger partial charge is 0.164 e. The molecule has 6 nitrogen and oxygen atoms in total. The fourth-order valence-corrected chi connectivity index (χ4v) is 7.85. The van der Waals surface area contributed by atoms with Crippen molar-refractivity contribution < 1.29 is 4.42 Å². The number of para-hydroxylation sites is 3. The molecule has 0 radical (unpaired) electrons. The Hall–Kier alpha value is -7.96. The Labute approximate surface area is 334 Å². The minimum atomic E-state index is 0.564. The number of rotatable bonds is 7. The summed E-state index contributed by atoms with van der Waals surface area (Å²) >= 11 is 0. The lowest BCUT2D eigenvalue weighted by atomic mass is 10.0. The number of benzene rings is 8. The summed E-state index contributed by atoms with van der Waals surface area (Å²) < 4.78 is 8.74. The molecule has 272 valence electrons. The van der Waals surface area contributed by atoms with E-state index in [1.54, 1.807) is 0 Å². The van der Waals surface area contributed by atoms with Crippen LogP contribution in [0, 0.1) is 0 Å². The Morgan fingerprint density at radius 1 is 0.362 bits per heavy atom. The molecule has 0 fully saturated rings. The zero-order valence-electron chi connectivity index (χ0n) is 31.2. The van der Waals surface area contributed by atoms with Crippen molar-refractivity contribution in [1.82, 2.24) is 24.5 Å². The lowest BCUT2D eigenvalue weighted by molar-refractivity contribution is 0.669. The van der Waals surface area contributed by atoms with Crippen molar-refractivity contribution in [3.05, 3.63) is 200 Å². The molecule has 0 aliphatic rings. The molecular weight excluding hydrogens is 711 g/mol. The van der Waals surface area contributed by atoms with E-state index >= 15 is 0 Å². The number of nitrogens with zero attached hydrogens (tertiary/aromatic N) is 5. The molecule has 8 aromatic carbocycles. The van der Waals surface area contributed by atoms with Crippen LogP contribution in [0.4, 0.5) is 0 Å². The quantitative estimate of drug-likeness (QED) is 0.163. The van der Waals surface area contributed by atoms with E-state index in [4.69, 9.17) is 24.4 Å². The summed E-state index contributed by atoms with van der Waals surface area (Å²) in [7, 11) is 0. The van der Waals surface area contributed by atoms with Gasteiger partial charge in [0.2, 0.25) is 0 Å². The molecular formula is C52H33N5O. The van der Waals surface area contributed by atoms with Crippen molar-refractivity contribution in [3.8, 4) is 73.5 Å². The molecule has 0 aliphatic carbocycles. The van der Waals surface area contributed by atoms with Gasteiger partial charge in [-0.1, -0.05) is 152 Å². The normalized spacial score (nSPS) is 11.4. The Morgan fingerprint density at radius 3 is 1.52 bits per heavy atom. The monoisotopic (exact) mass is 743 g/mol. The SMILES string of the molecule is c1ccc(-c2ccc(-c3nc(-c4ccc(-c5ccccc5)cc4)nc(-c4cccc5oc6ccc(-c7nc8ccccc8n7-c7ccccc7)cc6c45)n3)cc2)cc1. The second kappa shape index (κ2) is 14.0. The molecule has 0 aliphatic heterocycles. The van der Waals surface area contributed by atoms with Gasteiger partial charge in [-0.05, 0) is 70.8 Å². The van der Waals surface area contributed by atoms with Gasteiger partial charge in [-0.3, -0.25) is 4.57 Å². The van der Waals surface area contributed by atoms with Crippen LogP contribution >= 0.6 is 0 Å². The van der Waals surface area contributed by atoms with Gasteiger partial charge in [-0.25, -0.2) is 19.9 Å². The fourth-order valence-electron chi connectivity index (χ4n) is 7.85. The summed E-state index contributed by atoms with van der Waals surface area (Å²) in [5, 5.41) is 1.89. The number of furan rings is 1. The topological polar surface area (TPSA) is 69.6 Å². The van der Waals surface area contributed by atoms with E-state index < -0.39 is 0 Å². The molecule has 0 spiro atoms. The number of fused-ring (bicyclic) bond motifs is 4. The van der Waals surface area contributed by atoms with Gasteiger partial charge in [0.25, 0.3) is 0 Å². The number of aromatic nitrogens is 5. The summed E-state index contributed by atoms with van der Waals surface area (Å²) in [6, 6.07) is 68.6. The molecule has 0 bridgehead atoms. The van der Waals surface area contributed by atoms with Crippen molar-refractivity contribution in [2.24, 2.45) is 0 Å². The Bertz CT molecular complexity index is 3140. The van der Waals surface area contributed by atoms with E-state index in [0.29, 0.717) is 17.5 Å². The van der Waals surface area contributed by atoms with Crippen LogP contribution < -0.4 is 0 Å². The molecule has 11 rings (SSSR count). The number of hydrogen-bond donors (Lipinski definition) is 0.